The lowest BCUT2D eigenvalue weighted by Gasteiger charge is -2.31. The van der Waals surface area contributed by atoms with Gasteiger partial charge in [0.2, 0.25) is 5.91 Å². The fraction of sp³-hybridized carbons (Fsp3) is 0.435. The molecule has 5 rings (SSSR count). The highest BCUT2D eigenvalue weighted by atomic mass is 32.2. The van der Waals surface area contributed by atoms with Gasteiger partial charge < -0.3 is 30.9 Å². The number of alkyl halides is 2. The Morgan fingerprint density at radius 2 is 1.90 bits per heavy atom. The van der Waals surface area contributed by atoms with Gasteiger partial charge in [-0.1, -0.05) is 24.3 Å². The minimum absolute atomic E-state index is 0.204. The summed E-state index contributed by atoms with van der Waals surface area (Å²) in [4.78, 5) is 20.5. The molecule has 6 atom stereocenters. The Balaban J connectivity index is 1.20. The summed E-state index contributed by atoms with van der Waals surface area (Å²) in [5, 5.41) is 41.5. The number of imidazole rings is 1. The van der Waals surface area contributed by atoms with E-state index in [1.165, 1.54) is 52.1 Å². The molecule has 3 heterocycles. The maximum atomic E-state index is 14.7. The zero-order valence-electron chi connectivity index (χ0n) is 20.5. The van der Waals surface area contributed by atoms with Crippen LogP contribution in [0.3, 0.4) is 0 Å². The molecule has 17 heteroatoms. The number of aliphatic hydroxyl groups is 4. The molecule has 7 N–H and O–H groups in total. The van der Waals surface area contributed by atoms with Crippen molar-refractivity contribution in [2.45, 2.75) is 55.0 Å². The van der Waals surface area contributed by atoms with Crippen LogP contribution >= 0.6 is 0 Å². The van der Waals surface area contributed by atoms with E-state index in [-0.39, 0.29) is 16.8 Å². The Kier molecular flexibility index (Phi) is 7.02. The molecule has 1 aliphatic heterocycles. The van der Waals surface area contributed by atoms with Crippen LogP contribution in [0.15, 0.2) is 42.9 Å². The number of aromatic nitrogens is 3. The van der Waals surface area contributed by atoms with Crippen LogP contribution in [0.25, 0.3) is 11.2 Å². The fourth-order valence-corrected chi connectivity index (χ4v) is 5.67. The number of pyridine rings is 1. The Morgan fingerprint density at radius 1 is 1.18 bits per heavy atom. The monoisotopic (exact) mass is 585 g/mol. The molecule has 1 fully saturated rings. The zero-order chi connectivity index (χ0) is 29.0. The van der Waals surface area contributed by atoms with Crippen molar-refractivity contribution in [3.8, 4) is 0 Å². The van der Waals surface area contributed by atoms with Crippen molar-refractivity contribution in [3.05, 3.63) is 54.0 Å². The Labute approximate surface area is 225 Å². The Hall–Kier alpha value is -3.32. The van der Waals surface area contributed by atoms with E-state index in [4.69, 9.17) is 14.7 Å². The third kappa shape index (κ3) is 4.58. The molecule has 2 aromatic heterocycles. The standard InChI is InChI=1S/C23H25F2N5O9S/c24-23(25)19(34)11-3-1-2-4-12(11)22(23,35)7-5-15(31)29-40(36,37)38-9-14-17(32)18(33)21(39-14)30-10-28-16-13(26)6-8-27-20(16)30/h1-4,6,8,10,14,17-19,21,32-35H,5,7,9H2,(H2,26,27)(H,29,31)/t14-,17-,18-,19+,21-,22+/m1/s1. The van der Waals surface area contributed by atoms with E-state index in [9.17, 15) is 42.4 Å². The first-order chi connectivity index (χ1) is 18.8. The van der Waals surface area contributed by atoms with Gasteiger partial charge in [-0.05, 0) is 23.6 Å². The molecule has 1 aliphatic carbocycles. The normalized spacial score (nSPS) is 29.5. The molecular formula is C23H25F2N5O9S. The number of anilines is 1. The zero-order valence-corrected chi connectivity index (χ0v) is 21.3. The van der Waals surface area contributed by atoms with Gasteiger partial charge in [-0.2, -0.15) is 17.2 Å². The summed E-state index contributed by atoms with van der Waals surface area (Å²) < 4.78 is 67.2. The van der Waals surface area contributed by atoms with Crippen LogP contribution in [0.5, 0.6) is 0 Å². The first-order valence-corrected chi connectivity index (χ1v) is 13.3. The van der Waals surface area contributed by atoms with E-state index in [0.29, 0.717) is 11.2 Å². The largest absolute Gasteiger partial charge is 0.397 e. The lowest BCUT2D eigenvalue weighted by molar-refractivity contribution is -0.226. The lowest BCUT2D eigenvalue weighted by Crippen LogP contribution is -2.45. The van der Waals surface area contributed by atoms with Crippen molar-refractivity contribution in [3.63, 3.8) is 0 Å². The summed E-state index contributed by atoms with van der Waals surface area (Å²) in [6.45, 7) is -0.832. The van der Waals surface area contributed by atoms with Crippen LogP contribution in [0.4, 0.5) is 14.5 Å². The van der Waals surface area contributed by atoms with Crippen molar-refractivity contribution in [2.75, 3.05) is 12.3 Å². The third-order valence-corrected chi connectivity index (χ3v) is 7.96. The minimum Gasteiger partial charge on any atom is -0.397 e. The van der Waals surface area contributed by atoms with Gasteiger partial charge in [0, 0.05) is 12.6 Å². The van der Waals surface area contributed by atoms with Crippen molar-refractivity contribution in [2.24, 2.45) is 0 Å². The van der Waals surface area contributed by atoms with Gasteiger partial charge in [0.05, 0.1) is 18.6 Å². The number of nitrogen functional groups attached to an aromatic ring is 1. The van der Waals surface area contributed by atoms with Crippen LogP contribution in [-0.4, -0.2) is 80.1 Å². The molecule has 40 heavy (non-hydrogen) atoms. The Bertz CT molecular complexity index is 1550. The van der Waals surface area contributed by atoms with Gasteiger partial charge in [0.15, 0.2) is 17.5 Å². The number of nitrogens with two attached hydrogens (primary N) is 1. The number of carbonyl (C=O) groups excluding carboxylic acids is 1. The SMILES string of the molecule is Nc1ccnc2c1ncn2[C@@H]1O[C@H](COS(=O)(=O)NC(=O)CC[C@]2(O)c3ccccc3[C@H](O)C2(F)F)[C@@H](O)[C@H]1O. The third-order valence-electron chi connectivity index (χ3n) is 7.04. The van der Waals surface area contributed by atoms with Crippen molar-refractivity contribution in [1.82, 2.24) is 19.3 Å². The molecule has 0 bridgehead atoms. The van der Waals surface area contributed by atoms with Gasteiger partial charge >= 0.3 is 16.2 Å². The number of carbonyl (C=O) groups is 1. The number of fused-ring (bicyclic) bond motifs is 2. The number of ether oxygens (including phenoxy) is 1. The predicted octanol–water partition coefficient (Wildman–Crippen LogP) is -0.639. The molecular weight excluding hydrogens is 560 g/mol. The van der Waals surface area contributed by atoms with E-state index in [0.717, 1.165) is 0 Å². The average molecular weight is 586 g/mol. The predicted molar refractivity (Wildman–Crippen MR) is 130 cm³/mol. The quantitative estimate of drug-likeness (QED) is 0.194. The highest BCUT2D eigenvalue weighted by Gasteiger charge is 2.64. The fourth-order valence-electron chi connectivity index (χ4n) is 4.92. The van der Waals surface area contributed by atoms with Gasteiger partial charge in [0.25, 0.3) is 0 Å². The second-order valence-corrected chi connectivity index (χ2v) is 10.9. The second-order valence-electron chi connectivity index (χ2n) is 9.51. The minimum atomic E-state index is -4.83. The number of nitrogens with zero attached hydrogens (tertiary/aromatic N) is 3. The number of hydrogen-bond acceptors (Lipinski definition) is 12. The van der Waals surface area contributed by atoms with Gasteiger partial charge in [0.1, 0.15) is 29.9 Å². The van der Waals surface area contributed by atoms with E-state index in [1.54, 1.807) is 0 Å². The van der Waals surface area contributed by atoms with Crippen LogP contribution in [0.2, 0.25) is 0 Å². The maximum absolute atomic E-state index is 14.7. The highest BCUT2D eigenvalue weighted by molar-refractivity contribution is 7.85. The Morgan fingerprint density at radius 3 is 2.65 bits per heavy atom. The number of amides is 1. The number of benzene rings is 1. The second kappa shape index (κ2) is 9.95. The summed E-state index contributed by atoms with van der Waals surface area (Å²) >= 11 is 0. The highest BCUT2D eigenvalue weighted by Crippen LogP contribution is 2.56. The molecule has 14 nitrogen and oxygen atoms in total. The van der Waals surface area contributed by atoms with E-state index < -0.39 is 77.8 Å². The molecule has 0 radical (unpaired) electrons. The topological polar surface area (TPSA) is 219 Å². The number of aliphatic hydroxyl groups excluding tert-OH is 3. The summed E-state index contributed by atoms with van der Waals surface area (Å²) in [5.41, 5.74) is 3.31. The molecule has 1 aromatic carbocycles. The summed E-state index contributed by atoms with van der Waals surface area (Å²) in [5.74, 6) is -5.32. The smallest absolute Gasteiger partial charge is 0.362 e. The van der Waals surface area contributed by atoms with E-state index in [2.05, 4.69) is 9.97 Å². The molecule has 0 spiro atoms. The van der Waals surface area contributed by atoms with Gasteiger partial charge in [-0.25, -0.2) is 14.7 Å². The molecule has 3 aromatic rings. The van der Waals surface area contributed by atoms with Crippen molar-refractivity contribution < 1.29 is 51.3 Å². The number of halogens is 2. The van der Waals surface area contributed by atoms with Gasteiger partial charge in [-0.15, -0.1) is 0 Å². The van der Waals surface area contributed by atoms with Crippen LogP contribution in [-0.2, 0) is 29.6 Å². The van der Waals surface area contributed by atoms with Crippen LogP contribution in [0.1, 0.15) is 36.3 Å². The molecule has 1 amide bonds. The van der Waals surface area contributed by atoms with Crippen molar-refractivity contribution in [1.29, 1.82) is 0 Å². The lowest BCUT2D eigenvalue weighted by atomic mass is 9.88. The summed E-state index contributed by atoms with van der Waals surface area (Å²) in [7, 11) is -4.83. The van der Waals surface area contributed by atoms with Gasteiger partial charge in [-0.3, -0.25) is 13.5 Å². The molecule has 1 saturated heterocycles. The van der Waals surface area contributed by atoms with E-state index in [1.807, 2.05) is 0 Å². The number of rotatable bonds is 8. The van der Waals surface area contributed by atoms with E-state index >= 15 is 0 Å². The van der Waals surface area contributed by atoms with Crippen LogP contribution < -0.4 is 10.5 Å². The summed E-state index contributed by atoms with van der Waals surface area (Å²) in [6, 6.07) is 6.68. The molecule has 0 unspecified atom stereocenters. The number of nitrogens with one attached hydrogen (secondary N) is 1. The molecule has 216 valence electrons. The summed E-state index contributed by atoms with van der Waals surface area (Å²) in [6.07, 6.45) is -7.18. The molecule has 2 aliphatic rings. The van der Waals surface area contributed by atoms with Crippen molar-refractivity contribution >= 4 is 33.1 Å². The van der Waals surface area contributed by atoms with Crippen LogP contribution in [0, 0.1) is 0 Å². The molecule has 0 saturated carbocycles. The maximum Gasteiger partial charge on any atom is 0.362 e. The first kappa shape index (κ1) is 28.2. The number of hydrogen-bond donors (Lipinski definition) is 6. The average Bonchev–Trinajstić information content (AvgIpc) is 3.50. The first-order valence-electron chi connectivity index (χ1n) is 11.9.